The van der Waals surface area contributed by atoms with Crippen molar-refractivity contribution in [3.05, 3.63) is 22.4 Å². The second-order valence-electron chi connectivity index (χ2n) is 6.98. The number of hydrogen-bond donors (Lipinski definition) is 2. The van der Waals surface area contributed by atoms with Crippen molar-refractivity contribution in [1.82, 2.24) is 15.5 Å². The zero-order valence-electron chi connectivity index (χ0n) is 16.0. The standard InChI is InChI=1S/C18H32N4O2S/c1-14-12-22(8-9-24-14)15(16-7-6-10-25-16)11-20-17(19-4)21-13-18(2,3)23-5/h6-7,10,14-15H,8-9,11-13H2,1-5H3,(H2,19,20,21). The molecule has 0 saturated carbocycles. The minimum absolute atomic E-state index is 0.232. The minimum atomic E-state index is -0.232. The van der Waals surface area contributed by atoms with Gasteiger partial charge in [0.1, 0.15) is 0 Å². The molecule has 0 aliphatic carbocycles. The highest BCUT2D eigenvalue weighted by Crippen LogP contribution is 2.26. The first kappa shape index (κ1) is 20.2. The number of rotatable bonds is 7. The molecule has 1 aromatic rings. The van der Waals surface area contributed by atoms with Crippen molar-refractivity contribution in [3.8, 4) is 0 Å². The zero-order valence-corrected chi connectivity index (χ0v) is 16.9. The molecule has 2 N–H and O–H groups in total. The minimum Gasteiger partial charge on any atom is -0.377 e. The molecule has 25 heavy (non-hydrogen) atoms. The highest BCUT2D eigenvalue weighted by molar-refractivity contribution is 7.10. The van der Waals surface area contributed by atoms with Crippen LogP contribution in [0.15, 0.2) is 22.5 Å². The van der Waals surface area contributed by atoms with E-state index in [1.807, 2.05) is 0 Å². The Morgan fingerprint density at radius 3 is 2.92 bits per heavy atom. The Balaban J connectivity index is 1.97. The first-order valence-electron chi connectivity index (χ1n) is 8.84. The summed E-state index contributed by atoms with van der Waals surface area (Å²) < 4.78 is 11.2. The molecule has 1 aromatic heterocycles. The first-order chi connectivity index (χ1) is 11.9. The quantitative estimate of drug-likeness (QED) is 0.570. The Morgan fingerprint density at radius 2 is 2.32 bits per heavy atom. The Morgan fingerprint density at radius 1 is 1.52 bits per heavy atom. The summed E-state index contributed by atoms with van der Waals surface area (Å²) in [5, 5.41) is 8.96. The van der Waals surface area contributed by atoms with Crippen LogP contribution in [-0.4, -0.2) is 69.5 Å². The maximum absolute atomic E-state index is 5.70. The van der Waals surface area contributed by atoms with Gasteiger partial charge in [0, 0.05) is 45.2 Å². The lowest BCUT2D eigenvalue weighted by Gasteiger charge is -2.37. The molecule has 2 rings (SSSR count). The van der Waals surface area contributed by atoms with Gasteiger partial charge in [0.05, 0.1) is 24.4 Å². The average molecular weight is 369 g/mol. The third-order valence-electron chi connectivity index (χ3n) is 4.51. The van der Waals surface area contributed by atoms with Crippen LogP contribution in [0.1, 0.15) is 31.7 Å². The van der Waals surface area contributed by atoms with E-state index in [0.717, 1.165) is 32.2 Å². The monoisotopic (exact) mass is 368 g/mol. The van der Waals surface area contributed by atoms with Gasteiger partial charge < -0.3 is 20.1 Å². The number of methoxy groups -OCH3 is 1. The van der Waals surface area contributed by atoms with E-state index in [4.69, 9.17) is 9.47 Å². The Kier molecular flexibility index (Phi) is 7.68. The smallest absolute Gasteiger partial charge is 0.191 e. The predicted octanol–water partition coefficient (Wildman–Crippen LogP) is 2.10. The average Bonchev–Trinajstić information content (AvgIpc) is 3.12. The Bertz CT molecular complexity index is 533. The second-order valence-corrected chi connectivity index (χ2v) is 7.96. The van der Waals surface area contributed by atoms with E-state index >= 15 is 0 Å². The molecule has 2 atom stereocenters. The Hall–Kier alpha value is -1.15. The number of guanidine groups is 1. The normalized spacial score (nSPS) is 21.2. The highest BCUT2D eigenvalue weighted by Gasteiger charge is 2.26. The third-order valence-corrected chi connectivity index (χ3v) is 5.48. The van der Waals surface area contributed by atoms with Gasteiger partial charge in [-0.1, -0.05) is 6.07 Å². The lowest BCUT2D eigenvalue weighted by atomic mass is 10.1. The molecule has 0 spiro atoms. The topological polar surface area (TPSA) is 58.1 Å². The van der Waals surface area contributed by atoms with Crippen molar-refractivity contribution in [1.29, 1.82) is 0 Å². The number of morpholine rings is 1. The van der Waals surface area contributed by atoms with Crippen LogP contribution < -0.4 is 10.6 Å². The number of aliphatic imine (C=N–C) groups is 1. The van der Waals surface area contributed by atoms with E-state index in [2.05, 4.69) is 58.8 Å². The molecule has 7 heteroatoms. The van der Waals surface area contributed by atoms with Crippen LogP contribution in [0.5, 0.6) is 0 Å². The largest absolute Gasteiger partial charge is 0.377 e. The molecular weight excluding hydrogens is 336 g/mol. The van der Waals surface area contributed by atoms with Gasteiger partial charge in [-0.2, -0.15) is 0 Å². The van der Waals surface area contributed by atoms with Crippen molar-refractivity contribution in [2.45, 2.75) is 38.5 Å². The van der Waals surface area contributed by atoms with Crippen molar-refractivity contribution in [2.75, 3.05) is 46.9 Å². The summed E-state index contributed by atoms with van der Waals surface area (Å²) >= 11 is 1.80. The molecule has 1 saturated heterocycles. The summed E-state index contributed by atoms with van der Waals surface area (Å²) in [6.45, 7) is 10.4. The van der Waals surface area contributed by atoms with Crippen LogP contribution in [0.4, 0.5) is 0 Å². The molecule has 0 radical (unpaired) electrons. The van der Waals surface area contributed by atoms with E-state index in [1.54, 1.807) is 25.5 Å². The molecule has 2 heterocycles. The van der Waals surface area contributed by atoms with Crippen molar-refractivity contribution >= 4 is 17.3 Å². The lowest BCUT2D eigenvalue weighted by molar-refractivity contribution is -0.0334. The Labute approximate surface area is 155 Å². The van der Waals surface area contributed by atoms with Crippen LogP contribution in [0, 0.1) is 0 Å². The molecule has 6 nitrogen and oxygen atoms in total. The van der Waals surface area contributed by atoms with E-state index < -0.39 is 0 Å². The van der Waals surface area contributed by atoms with Crippen LogP contribution in [-0.2, 0) is 9.47 Å². The van der Waals surface area contributed by atoms with E-state index in [1.165, 1.54) is 4.88 Å². The van der Waals surface area contributed by atoms with Crippen molar-refractivity contribution in [3.63, 3.8) is 0 Å². The van der Waals surface area contributed by atoms with Gasteiger partial charge in [0.2, 0.25) is 0 Å². The van der Waals surface area contributed by atoms with Gasteiger partial charge in [-0.15, -0.1) is 11.3 Å². The van der Waals surface area contributed by atoms with Gasteiger partial charge in [-0.25, -0.2) is 0 Å². The number of nitrogens with one attached hydrogen (secondary N) is 2. The molecule has 0 bridgehead atoms. The van der Waals surface area contributed by atoms with Crippen molar-refractivity contribution in [2.24, 2.45) is 4.99 Å². The van der Waals surface area contributed by atoms with Gasteiger partial charge in [-0.05, 0) is 32.2 Å². The second kappa shape index (κ2) is 9.52. The van der Waals surface area contributed by atoms with Gasteiger partial charge in [0.25, 0.3) is 0 Å². The lowest BCUT2D eigenvalue weighted by Crippen LogP contribution is -2.49. The number of ether oxygens (including phenoxy) is 2. The summed E-state index contributed by atoms with van der Waals surface area (Å²) in [7, 11) is 3.52. The fourth-order valence-electron chi connectivity index (χ4n) is 2.80. The van der Waals surface area contributed by atoms with E-state index in [9.17, 15) is 0 Å². The molecule has 1 aliphatic heterocycles. The van der Waals surface area contributed by atoms with E-state index in [-0.39, 0.29) is 11.7 Å². The molecule has 0 aromatic carbocycles. The SMILES string of the molecule is CN=C(NCC(c1cccs1)N1CCOC(C)C1)NCC(C)(C)OC. The summed E-state index contributed by atoms with van der Waals surface area (Å²) in [5.41, 5.74) is -0.232. The maximum Gasteiger partial charge on any atom is 0.191 e. The molecule has 142 valence electrons. The van der Waals surface area contributed by atoms with E-state index in [0.29, 0.717) is 12.6 Å². The summed E-state index contributed by atoms with van der Waals surface area (Å²) in [4.78, 5) is 8.21. The zero-order chi connectivity index (χ0) is 18.3. The summed E-state index contributed by atoms with van der Waals surface area (Å²) in [6.07, 6.45) is 0.274. The summed E-state index contributed by atoms with van der Waals surface area (Å²) in [5.74, 6) is 0.799. The number of thiophene rings is 1. The van der Waals surface area contributed by atoms with Gasteiger partial charge in [0.15, 0.2) is 5.96 Å². The molecule has 2 unspecified atom stereocenters. The molecular formula is C18H32N4O2S. The predicted molar refractivity (Wildman–Crippen MR) is 104 cm³/mol. The fraction of sp³-hybridized carbons (Fsp3) is 0.722. The van der Waals surface area contributed by atoms with Crippen LogP contribution in [0.2, 0.25) is 0 Å². The number of nitrogens with zero attached hydrogens (tertiary/aromatic N) is 2. The van der Waals surface area contributed by atoms with Gasteiger partial charge in [-0.3, -0.25) is 9.89 Å². The third kappa shape index (κ3) is 6.26. The first-order valence-corrected chi connectivity index (χ1v) is 9.72. The van der Waals surface area contributed by atoms with Crippen LogP contribution in [0.3, 0.4) is 0 Å². The molecule has 1 aliphatic rings. The molecule has 0 amide bonds. The molecule has 1 fully saturated rings. The fourth-order valence-corrected chi connectivity index (χ4v) is 3.66. The summed E-state index contributed by atoms with van der Waals surface area (Å²) in [6, 6.07) is 4.65. The van der Waals surface area contributed by atoms with Crippen molar-refractivity contribution < 1.29 is 9.47 Å². The van der Waals surface area contributed by atoms with Crippen LogP contribution >= 0.6 is 11.3 Å². The van der Waals surface area contributed by atoms with Gasteiger partial charge >= 0.3 is 0 Å². The maximum atomic E-state index is 5.70. The van der Waals surface area contributed by atoms with Crippen LogP contribution in [0.25, 0.3) is 0 Å². The number of hydrogen-bond acceptors (Lipinski definition) is 5. The highest BCUT2D eigenvalue weighted by atomic mass is 32.1.